The van der Waals surface area contributed by atoms with Gasteiger partial charge in [0.25, 0.3) is 10.2 Å². The Labute approximate surface area is 138 Å². The second kappa shape index (κ2) is 7.35. The van der Waals surface area contributed by atoms with Crippen molar-refractivity contribution in [2.45, 2.75) is 13.1 Å². The molecule has 0 radical (unpaired) electrons. The van der Waals surface area contributed by atoms with Gasteiger partial charge < -0.3 is 0 Å². The van der Waals surface area contributed by atoms with Gasteiger partial charge in [0.2, 0.25) is 0 Å². The molecule has 0 saturated carbocycles. The molecule has 2 aromatic carbocycles. The molecule has 0 heterocycles. The van der Waals surface area contributed by atoms with E-state index < -0.39 is 21.8 Å². The molecule has 0 unspecified atom stereocenters. The summed E-state index contributed by atoms with van der Waals surface area (Å²) in [5, 5.41) is 0.150. The van der Waals surface area contributed by atoms with Crippen LogP contribution < -0.4 is 4.72 Å². The van der Waals surface area contributed by atoms with Crippen LogP contribution in [0.5, 0.6) is 0 Å². The summed E-state index contributed by atoms with van der Waals surface area (Å²) < 4.78 is 54.4. The molecule has 0 aliphatic carbocycles. The highest BCUT2D eigenvalue weighted by molar-refractivity contribution is 7.87. The van der Waals surface area contributed by atoms with Gasteiger partial charge in [-0.15, -0.1) is 0 Å². The van der Waals surface area contributed by atoms with E-state index in [1.54, 1.807) is 6.07 Å². The van der Waals surface area contributed by atoms with E-state index in [0.29, 0.717) is 5.56 Å². The van der Waals surface area contributed by atoms with Gasteiger partial charge in [0.1, 0.15) is 11.6 Å². The Morgan fingerprint density at radius 2 is 1.87 bits per heavy atom. The summed E-state index contributed by atoms with van der Waals surface area (Å²) in [4.78, 5) is 0. The molecule has 2 rings (SSSR count). The van der Waals surface area contributed by atoms with Crippen LogP contribution in [0.3, 0.4) is 0 Å². The molecule has 4 nitrogen and oxygen atoms in total. The number of hydrogen-bond acceptors (Lipinski definition) is 2. The second-order valence-corrected chi connectivity index (χ2v) is 7.18. The van der Waals surface area contributed by atoms with Gasteiger partial charge in [-0.3, -0.25) is 0 Å². The van der Waals surface area contributed by atoms with E-state index >= 15 is 0 Å². The fraction of sp³-hybridized carbons (Fsp3) is 0.200. The second-order valence-electron chi connectivity index (χ2n) is 4.91. The van der Waals surface area contributed by atoms with E-state index in [9.17, 15) is 17.2 Å². The maximum absolute atomic E-state index is 13.7. The summed E-state index contributed by atoms with van der Waals surface area (Å²) in [6, 6.07) is 9.72. The van der Waals surface area contributed by atoms with Gasteiger partial charge in [-0.05, 0) is 29.8 Å². The fourth-order valence-corrected chi connectivity index (χ4v) is 3.01. The van der Waals surface area contributed by atoms with E-state index in [0.717, 1.165) is 4.31 Å². The van der Waals surface area contributed by atoms with Crippen LogP contribution in [-0.2, 0) is 23.3 Å². The molecule has 8 heteroatoms. The summed E-state index contributed by atoms with van der Waals surface area (Å²) in [5.74, 6) is -1.03. The van der Waals surface area contributed by atoms with Gasteiger partial charge in [0, 0.05) is 30.7 Å². The first-order chi connectivity index (χ1) is 10.8. The number of halogens is 3. The van der Waals surface area contributed by atoms with Gasteiger partial charge in [-0.25, -0.2) is 8.78 Å². The summed E-state index contributed by atoms with van der Waals surface area (Å²) >= 11 is 5.89. The molecular formula is C15H15ClF2N2O2S. The van der Waals surface area contributed by atoms with Gasteiger partial charge in [-0.2, -0.15) is 17.4 Å². The van der Waals surface area contributed by atoms with E-state index in [2.05, 4.69) is 4.72 Å². The predicted octanol–water partition coefficient (Wildman–Crippen LogP) is 3.08. The molecule has 0 saturated heterocycles. The van der Waals surface area contributed by atoms with Crippen molar-refractivity contribution in [2.24, 2.45) is 0 Å². The molecule has 23 heavy (non-hydrogen) atoms. The van der Waals surface area contributed by atoms with Gasteiger partial charge in [0.05, 0.1) is 0 Å². The van der Waals surface area contributed by atoms with E-state index in [1.165, 1.54) is 43.4 Å². The van der Waals surface area contributed by atoms with Crippen molar-refractivity contribution in [1.82, 2.24) is 9.03 Å². The van der Waals surface area contributed by atoms with Gasteiger partial charge in [0.15, 0.2) is 0 Å². The van der Waals surface area contributed by atoms with E-state index in [4.69, 9.17) is 11.6 Å². The van der Waals surface area contributed by atoms with Crippen LogP contribution >= 0.6 is 11.6 Å². The third-order valence-corrected chi connectivity index (χ3v) is 5.01. The Morgan fingerprint density at radius 1 is 1.17 bits per heavy atom. The molecule has 124 valence electrons. The van der Waals surface area contributed by atoms with E-state index in [-0.39, 0.29) is 23.7 Å². The standard InChI is InChI=1S/C15H15ClF2N2O2S/c1-20(10-13-14(16)6-3-7-15(13)18)23(21,22)19-9-11-4-2-5-12(17)8-11/h2-8,19H,9-10H2,1H3. The van der Waals surface area contributed by atoms with Crippen LogP contribution in [0, 0.1) is 11.6 Å². The number of rotatable bonds is 6. The van der Waals surface area contributed by atoms with Crippen molar-refractivity contribution < 1.29 is 17.2 Å². The van der Waals surface area contributed by atoms with Crippen LogP contribution in [0.15, 0.2) is 42.5 Å². The number of nitrogens with one attached hydrogen (secondary N) is 1. The monoisotopic (exact) mass is 360 g/mol. The molecule has 0 spiro atoms. The van der Waals surface area contributed by atoms with Crippen molar-refractivity contribution in [3.8, 4) is 0 Å². The first-order valence-corrected chi connectivity index (χ1v) is 8.49. The lowest BCUT2D eigenvalue weighted by Crippen LogP contribution is -2.37. The molecule has 0 aliphatic heterocycles. The van der Waals surface area contributed by atoms with Crippen molar-refractivity contribution >= 4 is 21.8 Å². The minimum Gasteiger partial charge on any atom is -0.207 e. The Balaban J connectivity index is 2.07. The molecule has 0 fully saturated rings. The van der Waals surface area contributed by atoms with Crippen LogP contribution in [0.4, 0.5) is 8.78 Å². The topological polar surface area (TPSA) is 49.4 Å². The number of nitrogens with zero attached hydrogens (tertiary/aromatic N) is 1. The lowest BCUT2D eigenvalue weighted by atomic mass is 10.2. The highest BCUT2D eigenvalue weighted by Gasteiger charge is 2.20. The maximum atomic E-state index is 13.7. The highest BCUT2D eigenvalue weighted by Crippen LogP contribution is 2.21. The van der Waals surface area contributed by atoms with Crippen molar-refractivity contribution in [1.29, 1.82) is 0 Å². The average Bonchev–Trinajstić information content (AvgIpc) is 2.49. The minimum atomic E-state index is -3.87. The lowest BCUT2D eigenvalue weighted by molar-refractivity contribution is 0.446. The molecule has 0 amide bonds. The third-order valence-electron chi connectivity index (χ3n) is 3.20. The Hall–Kier alpha value is -1.54. The fourth-order valence-electron chi connectivity index (χ4n) is 1.92. The Morgan fingerprint density at radius 3 is 2.52 bits per heavy atom. The van der Waals surface area contributed by atoms with Crippen LogP contribution in [0.1, 0.15) is 11.1 Å². The van der Waals surface area contributed by atoms with Crippen molar-refractivity contribution in [3.05, 3.63) is 70.2 Å². The zero-order chi connectivity index (χ0) is 17.0. The quantitative estimate of drug-likeness (QED) is 0.860. The van der Waals surface area contributed by atoms with E-state index in [1.807, 2.05) is 0 Å². The molecular weight excluding hydrogens is 346 g/mol. The molecule has 2 aromatic rings. The third kappa shape index (κ3) is 4.71. The zero-order valence-corrected chi connectivity index (χ0v) is 13.8. The summed E-state index contributed by atoms with van der Waals surface area (Å²) in [7, 11) is -2.57. The smallest absolute Gasteiger partial charge is 0.207 e. The normalized spacial score (nSPS) is 11.9. The first kappa shape index (κ1) is 17.8. The Kier molecular flexibility index (Phi) is 5.69. The van der Waals surface area contributed by atoms with Crippen molar-refractivity contribution in [3.63, 3.8) is 0 Å². The van der Waals surface area contributed by atoms with Gasteiger partial charge >= 0.3 is 0 Å². The van der Waals surface area contributed by atoms with Gasteiger partial charge in [-0.1, -0.05) is 29.8 Å². The molecule has 0 bridgehead atoms. The molecule has 0 atom stereocenters. The largest absolute Gasteiger partial charge is 0.279 e. The zero-order valence-electron chi connectivity index (χ0n) is 12.3. The van der Waals surface area contributed by atoms with Crippen LogP contribution in [-0.4, -0.2) is 19.8 Å². The summed E-state index contributed by atoms with van der Waals surface area (Å²) in [6.07, 6.45) is 0. The summed E-state index contributed by atoms with van der Waals surface area (Å²) in [5.41, 5.74) is 0.568. The SMILES string of the molecule is CN(Cc1c(F)cccc1Cl)S(=O)(=O)NCc1cccc(F)c1. The number of hydrogen-bond donors (Lipinski definition) is 1. The minimum absolute atomic E-state index is 0.0740. The first-order valence-electron chi connectivity index (χ1n) is 6.68. The average molecular weight is 361 g/mol. The van der Waals surface area contributed by atoms with Crippen LogP contribution in [0.2, 0.25) is 5.02 Å². The highest BCUT2D eigenvalue weighted by atomic mass is 35.5. The maximum Gasteiger partial charge on any atom is 0.279 e. The lowest BCUT2D eigenvalue weighted by Gasteiger charge is -2.18. The Bertz CT molecular complexity index is 780. The molecule has 0 aliphatic rings. The summed E-state index contributed by atoms with van der Waals surface area (Å²) in [6.45, 7) is -0.292. The molecule has 1 N–H and O–H groups in total. The predicted molar refractivity (Wildman–Crippen MR) is 85.0 cm³/mol. The van der Waals surface area contributed by atoms with Crippen molar-refractivity contribution in [2.75, 3.05) is 7.05 Å². The van der Waals surface area contributed by atoms with Crippen LogP contribution in [0.25, 0.3) is 0 Å². The number of benzene rings is 2. The molecule has 0 aromatic heterocycles.